The maximum absolute atomic E-state index is 13.0. The molecule has 1 atom stereocenters. The Kier molecular flexibility index (Phi) is 6.06. The van der Waals surface area contributed by atoms with Gasteiger partial charge in [0.2, 0.25) is 12.7 Å². The van der Waals surface area contributed by atoms with Gasteiger partial charge in [0, 0.05) is 38.5 Å². The van der Waals surface area contributed by atoms with Gasteiger partial charge in [0.1, 0.15) is 0 Å². The number of hydrogen-bond donors (Lipinski definition) is 0. The fourth-order valence-electron chi connectivity index (χ4n) is 5.18. The van der Waals surface area contributed by atoms with Gasteiger partial charge >= 0.3 is 0 Å². The molecule has 2 aliphatic heterocycles. The summed E-state index contributed by atoms with van der Waals surface area (Å²) in [5, 5.41) is 0. The van der Waals surface area contributed by atoms with Crippen LogP contribution in [-0.2, 0) is 24.1 Å². The van der Waals surface area contributed by atoms with E-state index in [0.29, 0.717) is 19.1 Å². The van der Waals surface area contributed by atoms with Gasteiger partial charge in [0.05, 0.1) is 14.2 Å². The molecule has 33 heavy (non-hydrogen) atoms. The quantitative estimate of drug-likeness (QED) is 0.644. The van der Waals surface area contributed by atoms with Crippen molar-refractivity contribution in [1.29, 1.82) is 0 Å². The van der Waals surface area contributed by atoms with Crippen molar-refractivity contribution in [3.63, 3.8) is 0 Å². The van der Waals surface area contributed by atoms with Crippen molar-refractivity contribution >= 4 is 5.91 Å². The van der Waals surface area contributed by atoms with E-state index in [2.05, 4.69) is 36.2 Å². The van der Waals surface area contributed by atoms with Gasteiger partial charge in [-0.15, -0.1) is 0 Å². The van der Waals surface area contributed by atoms with Crippen molar-refractivity contribution in [2.75, 3.05) is 54.2 Å². The summed E-state index contributed by atoms with van der Waals surface area (Å²) < 4.78 is 21.9. The highest BCUT2D eigenvalue weighted by atomic mass is 16.7. The van der Waals surface area contributed by atoms with E-state index in [-0.39, 0.29) is 5.91 Å². The molecule has 0 bridgehead atoms. The van der Waals surface area contributed by atoms with Crippen LogP contribution in [0.4, 0.5) is 0 Å². The molecule has 1 unspecified atom stereocenters. The molecule has 176 valence electrons. The molecule has 3 aliphatic rings. The van der Waals surface area contributed by atoms with Gasteiger partial charge in [-0.2, -0.15) is 0 Å². The maximum Gasteiger partial charge on any atom is 0.231 e. The first kappa shape index (κ1) is 21.9. The van der Waals surface area contributed by atoms with Crippen molar-refractivity contribution < 1.29 is 23.7 Å². The van der Waals surface area contributed by atoms with Crippen molar-refractivity contribution in [2.45, 2.75) is 31.6 Å². The number of likely N-dealkylation sites (N-methyl/N-ethyl adjacent to an activating group) is 1. The number of ether oxygens (including phenoxy) is 4. The number of carbonyl (C=O) groups is 1. The van der Waals surface area contributed by atoms with Gasteiger partial charge in [-0.3, -0.25) is 4.79 Å². The van der Waals surface area contributed by atoms with E-state index in [4.69, 9.17) is 18.9 Å². The lowest BCUT2D eigenvalue weighted by molar-refractivity contribution is -0.131. The lowest BCUT2D eigenvalue weighted by Crippen LogP contribution is -2.37. The van der Waals surface area contributed by atoms with E-state index in [0.717, 1.165) is 68.4 Å². The van der Waals surface area contributed by atoms with Crippen LogP contribution in [-0.4, -0.2) is 69.9 Å². The minimum atomic E-state index is 0.228. The van der Waals surface area contributed by atoms with Gasteiger partial charge in [-0.05, 0) is 72.8 Å². The third-order valence-corrected chi connectivity index (χ3v) is 7.14. The molecule has 0 spiro atoms. The Hall–Kier alpha value is -2.93. The summed E-state index contributed by atoms with van der Waals surface area (Å²) in [6.07, 6.45) is 3.28. The van der Waals surface area contributed by atoms with E-state index in [1.54, 1.807) is 14.2 Å². The monoisotopic (exact) mass is 452 g/mol. The van der Waals surface area contributed by atoms with Crippen LogP contribution >= 0.6 is 0 Å². The fraction of sp³-hybridized carbons (Fsp3) is 0.500. The summed E-state index contributed by atoms with van der Waals surface area (Å²) in [5.74, 6) is 3.94. The van der Waals surface area contributed by atoms with Crippen molar-refractivity contribution in [1.82, 2.24) is 9.80 Å². The molecule has 0 fully saturated rings. The molecule has 0 saturated heterocycles. The summed E-state index contributed by atoms with van der Waals surface area (Å²) in [6, 6.07) is 8.35. The van der Waals surface area contributed by atoms with Gasteiger partial charge in [0.25, 0.3) is 0 Å². The summed E-state index contributed by atoms with van der Waals surface area (Å²) >= 11 is 0. The first-order chi connectivity index (χ1) is 16.1. The average Bonchev–Trinajstić information content (AvgIpc) is 3.18. The topological polar surface area (TPSA) is 60.5 Å². The average molecular weight is 453 g/mol. The summed E-state index contributed by atoms with van der Waals surface area (Å²) in [6.45, 7) is 3.52. The predicted octanol–water partition coefficient (Wildman–Crippen LogP) is 3.02. The maximum atomic E-state index is 13.0. The fourth-order valence-corrected chi connectivity index (χ4v) is 5.18. The van der Waals surface area contributed by atoms with Crippen molar-refractivity contribution in [3.8, 4) is 23.0 Å². The highest BCUT2D eigenvalue weighted by Crippen LogP contribution is 2.44. The largest absolute Gasteiger partial charge is 0.493 e. The molecule has 5 rings (SSSR count). The predicted molar refractivity (Wildman–Crippen MR) is 125 cm³/mol. The number of carbonyl (C=O) groups excluding carboxylic acids is 1. The van der Waals surface area contributed by atoms with Crippen LogP contribution in [0, 0.1) is 0 Å². The van der Waals surface area contributed by atoms with E-state index in [9.17, 15) is 4.79 Å². The van der Waals surface area contributed by atoms with E-state index >= 15 is 0 Å². The third-order valence-electron chi connectivity index (χ3n) is 7.14. The van der Waals surface area contributed by atoms with Gasteiger partial charge in [0.15, 0.2) is 23.0 Å². The zero-order chi connectivity index (χ0) is 22.9. The van der Waals surface area contributed by atoms with E-state index in [1.807, 2.05) is 4.90 Å². The van der Waals surface area contributed by atoms with Crippen LogP contribution in [0.3, 0.4) is 0 Å². The van der Waals surface area contributed by atoms with Crippen LogP contribution in [0.5, 0.6) is 23.0 Å². The molecule has 0 aromatic heterocycles. The zero-order valence-electron chi connectivity index (χ0n) is 19.7. The molecule has 0 N–H and O–H groups in total. The third kappa shape index (κ3) is 4.34. The Morgan fingerprint density at radius 3 is 2.27 bits per heavy atom. The van der Waals surface area contributed by atoms with Gasteiger partial charge < -0.3 is 28.7 Å². The normalized spacial score (nSPS) is 18.3. The van der Waals surface area contributed by atoms with Crippen molar-refractivity contribution in [2.24, 2.45) is 0 Å². The summed E-state index contributed by atoms with van der Waals surface area (Å²) in [5.41, 5.74) is 5.19. The molecule has 7 heteroatoms. The second-order valence-corrected chi connectivity index (χ2v) is 9.17. The molecule has 2 aromatic rings. The SMILES string of the molecule is COc1cc2c(cc1OC)CCN(C(=O)CCN(C)CC1Cc3cc4c(cc31)OCO4)CC2. The molecule has 1 amide bonds. The van der Waals surface area contributed by atoms with E-state index in [1.165, 1.54) is 22.3 Å². The van der Waals surface area contributed by atoms with Crippen LogP contribution in [0.1, 0.15) is 34.6 Å². The lowest BCUT2D eigenvalue weighted by Gasteiger charge is -2.34. The summed E-state index contributed by atoms with van der Waals surface area (Å²) in [7, 11) is 5.42. The Morgan fingerprint density at radius 2 is 1.64 bits per heavy atom. The zero-order valence-corrected chi connectivity index (χ0v) is 19.7. The Bertz CT molecular complexity index is 1020. The smallest absolute Gasteiger partial charge is 0.231 e. The number of rotatable bonds is 7. The van der Waals surface area contributed by atoms with Crippen LogP contribution < -0.4 is 18.9 Å². The first-order valence-electron chi connectivity index (χ1n) is 11.7. The molecule has 2 aromatic carbocycles. The second-order valence-electron chi connectivity index (χ2n) is 9.17. The highest BCUT2D eigenvalue weighted by molar-refractivity contribution is 5.76. The molecule has 0 saturated carbocycles. The minimum absolute atomic E-state index is 0.228. The highest BCUT2D eigenvalue weighted by Gasteiger charge is 2.31. The standard InChI is InChI=1S/C26H32N2O5/c1-27(15-20-10-19-13-24-25(14-21(19)20)33-16-32-24)7-6-26(29)28-8-4-17-11-22(30-2)23(31-3)12-18(17)5-9-28/h11-14,20H,4-10,15-16H2,1-3H3. The Balaban J connectivity index is 1.12. The first-order valence-corrected chi connectivity index (χ1v) is 11.7. The van der Waals surface area contributed by atoms with Gasteiger partial charge in [-0.1, -0.05) is 0 Å². The summed E-state index contributed by atoms with van der Waals surface area (Å²) in [4.78, 5) is 17.2. The molecule has 0 radical (unpaired) electrons. The molecule has 7 nitrogen and oxygen atoms in total. The van der Waals surface area contributed by atoms with Crippen LogP contribution in [0.15, 0.2) is 24.3 Å². The van der Waals surface area contributed by atoms with Crippen LogP contribution in [0.2, 0.25) is 0 Å². The minimum Gasteiger partial charge on any atom is -0.493 e. The lowest BCUT2D eigenvalue weighted by atomic mass is 9.77. The second kappa shape index (κ2) is 9.14. The van der Waals surface area contributed by atoms with Gasteiger partial charge in [-0.25, -0.2) is 0 Å². The molecular weight excluding hydrogens is 420 g/mol. The number of nitrogens with zero attached hydrogens (tertiary/aromatic N) is 2. The Labute approximate surface area is 195 Å². The van der Waals surface area contributed by atoms with Crippen LogP contribution in [0.25, 0.3) is 0 Å². The molecule has 1 aliphatic carbocycles. The number of hydrogen-bond acceptors (Lipinski definition) is 6. The number of methoxy groups -OCH3 is 2. The number of fused-ring (bicyclic) bond motifs is 3. The number of benzene rings is 2. The van der Waals surface area contributed by atoms with Crippen molar-refractivity contribution in [3.05, 3.63) is 46.5 Å². The Morgan fingerprint density at radius 1 is 1.00 bits per heavy atom. The molecular formula is C26H32N2O5. The van der Waals surface area contributed by atoms with E-state index < -0.39 is 0 Å². The number of amides is 1. The molecule has 2 heterocycles.